The molecular weight excluding hydrogens is 360 g/mol. The molecular formula is C19H24N6OS. The molecule has 3 rings (SSSR count). The Balaban J connectivity index is 1.64. The van der Waals surface area contributed by atoms with Crippen molar-refractivity contribution < 1.29 is 4.74 Å². The van der Waals surface area contributed by atoms with Gasteiger partial charge in [0.1, 0.15) is 6.73 Å². The van der Waals surface area contributed by atoms with Crippen LogP contribution >= 0.6 is 12.2 Å². The number of ether oxygens (including phenoxy) is 1. The average Bonchev–Trinajstić information content (AvgIpc) is 3.20. The Kier molecular flexibility index (Phi) is 6.20. The van der Waals surface area contributed by atoms with Crippen LogP contribution in [0.2, 0.25) is 0 Å². The maximum atomic E-state index is 5.45. The van der Waals surface area contributed by atoms with Gasteiger partial charge in [0.15, 0.2) is 5.11 Å². The summed E-state index contributed by atoms with van der Waals surface area (Å²) < 4.78 is 9.02. The lowest BCUT2D eigenvalue weighted by Gasteiger charge is -2.10. The summed E-state index contributed by atoms with van der Waals surface area (Å²) in [6.07, 6.45) is 3.56. The van der Waals surface area contributed by atoms with Crippen molar-refractivity contribution >= 4 is 28.7 Å². The smallest absolute Gasteiger partial charge is 0.175 e. The Bertz CT molecular complexity index is 902. The van der Waals surface area contributed by atoms with E-state index in [0.717, 1.165) is 29.3 Å². The molecule has 0 aliphatic carbocycles. The molecule has 0 spiro atoms. The fourth-order valence-electron chi connectivity index (χ4n) is 2.75. The Morgan fingerprint density at radius 1 is 1.19 bits per heavy atom. The molecule has 1 aromatic carbocycles. The van der Waals surface area contributed by atoms with E-state index in [4.69, 9.17) is 17.0 Å². The Morgan fingerprint density at radius 3 is 2.70 bits per heavy atom. The standard InChI is InChI=1S/C19H24N6OS/c1-4-26-13-24-12-17(10-20-24)21-19(27)22-18-14(2)23-25(15(18)3)11-16-8-6-5-7-9-16/h5-10,12H,4,11,13H2,1-3H3,(H2,21,22,27). The van der Waals surface area contributed by atoms with E-state index in [2.05, 4.69) is 33.0 Å². The fourth-order valence-corrected chi connectivity index (χ4v) is 2.97. The lowest BCUT2D eigenvalue weighted by atomic mass is 10.2. The van der Waals surface area contributed by atoms with Crippen LogP contribution in [0.1, 0.15) is 23.9 Å². The van der Waals surface area contributed by atoms with Gasteiger partial charge < -0.3 is 15.4 Å². The van der Waals surface area contributed by atoms with Crippen molar-refractivity contribution in [2.75, 3.05) is 17.2 Å². The first-order chi connectivity index (χ1) is 13.1. The van der Waals surface area contributed by atoms with Crippen molar-refractivity contribution in [2.24, 2.45) is 0 Å². The molecule has 7 nitrogen and oxygen atoms in total. The summed E-state index contributed by atoms with van der Waals surface area (Å²) in [6, 6.07) is 10.3. The first-order valence-electron chi connectivity index (χ1n) is 8.83. The second-order valence-electron chi connectivity index (χ2n) is 6.16. The van der Waals surface area contributed by atoms with Crippen molar-refractivity contribution in [2.45, 2.75) is 34.0 Å². The maximum absolute atomic E-state index is 5.45. The van der Waals surface area contributed by atoms with Crippen LogP contribution in [0.15, 0.2) is 42.7 Å². The number of thiocarbonyl (C=S) groups is 1. The van der Waals surface area contributed by atoms with E-state index in [1.807, 2.05) is 49.8 Å². The molecule has 27 heavy (non-hydrogen) atoms. The van der Waals surface area contributed by atoms with Crippen LogP contribution in [0.5, 0.6) is 0 Å². The third kappa shape index (κ3) is 4.93. The van der Waals surface area contributed by atoms with Crippen molar-refractivity contribution in [3.8, 4) is 0 Å². The van der Waals surface area contributed by atoms with Crippen molar-refractivity contribution in [3.05, 3.63) is 59.7 Å². The van der Waals surface area contributed by atoms with E-state index in [1.165, 1.54) is 5.56 Å². The molecule has 8 heteroatoms. The molecule has 3 aromatic rings. The van der Waals surface area contributed by atoms with Crippen LogP contribution in [-0.4, -0.2) is 31.3 Å². The third-order valence-electron chi connectivity index (χ3n) is 4.11. The molecule has 0 radical (unpaired) electrons. The highest BCUT2D eigenvalue weighted by molar-refractivity contribution is 7.80. The summed E-state index contributed by atoms with van der Waals surface area (Å²) in [4.78, 5) is 0. The minimum absolute atomic E-state index is 0.419. The van der Waals surface area contributed by atoms with E-state index in [1.54, 1.807) is 10.9 Å². The number of nitrogens with zero attached hydrogens (tertiary/aromatic N) is 4. The summed E-state index contributed by atoms with van der Waals surface area (Å²) in [5, 5.41) is 15.8. The number of hydrogen-bond donors (Lipinski definition) is 2. The molecule has 0 saturated heterocycles. The summed E-state index contributed by atoms with van der Waals surface area (Å²) in [5.41, 5.74) is 4.87. The van der Waals surface area contributed by atoms with Crippen LogP contribution in [0.4, 0.5) is 11.4 Å². The summed E-state index contributed by atoms with van der Waals surface area (Å²) >= 11 is 5.45. The van der Waals surface area contributed by atoms with Gasteiger partial charge in [-0.2, -0.15) is 10.2 Å². The Morgan fingerprint density at radius 2 is 1.96 bits per heavy atom. The van der Waals surface area contributed by atoms with Crippen molar-refractivity contribution in [1.29, 1.82) is 0 Å². The van der Waals surface area contributed by atoms with Gasteiger partial charge in [-0.25, -0.2) is 4.68 Å². The Labute approximate surface area is 164 Å². The number of nitrogens with one attached hydrogen (secondary N) is 2. The number of aromatic nitrogens is 4. The highest BCUT2D eigenvalue weighted by Gasteiger charge is 2.13. The predicted molar refractivity (Wildman–Crippen MR) is 111 cm³/mol. The molecule has 0 amide bonds. The molecule has 0 aliphatic rings. The lowest BCUT2D eigenvalue weighted by molar-refractivity contribution is 0.0792. The molecule has 0 saturated carbocycles. The topological polar surface area (TPSA) is 68.9 Å². The molecule has 0 unspecified atom stereocenters. The van der Waals surface area contributed by atoms with E-state index in [0.29, 0.717) is 18.5 Å². The number of rotatable bonds is 7. The molecule has 2 aromatic heterocycles. The maximum Gasteiger partial charge on any atom is 0.175 e. The van der Waals surface area contributed by atoms with Crippen molar-refractivity contribution in [3.63, 3.8) is 0 Å². The van der Waals surface area contributed by atoms with Gasteiger partial charge in [-0.15, -0.1) is 0 Å². The quantitative estimate of drug-likeness (QED) is 0.607. The van der Waals surface area contributed by atoms with Gasteiger partial charge in [-0.1, -0.05) is 30.3 Å². The summed E-state index contributed by atoms with van der Waals surface area (Å²) in [7, 11) is 0. The van der Waals surface area contributed by atoms with Crippen LogP contribution in [0, 0.1) is 13.8 Å². The average molecular weight is 385 g/mol. The van der Waals surface area contributed by atoms with E-state index < -0.39 is 0 Å². The first kappa shape index (κ1) is 19.1. The van der Waals surface area contributed by atoms with Gasteiger partial charge >= 0.3 is 0 Å². The largest absolute Gasteiger partial charge is 0.360 e. The number of benzene rings is 1. The number of aryl methyl sites for hydroxylation is 1. The van der Waals surface area contributed by atoms with Crippen LogP contribution in [0.25, 0.3) is 0 Å². The molecule has 0 bridgehead atoms. The second-order valence-corrected chi connectivity index (χ2v) is 6.57. The van der Waals surface area contributed by atoms with Crippen LogP contribution in [-0.2, 0) is 18.0 Å². The minimum Gasteiger partial charge on any atom is -0.360 e. The highest BCUT2D eigenvalue weighted by Crippen LogP contribution is 2.21. The minimum atomic E-state index is 0.419. The first-order valence-corrected chi connectivity index (χ1v) is 9.23. The van der Waals surface area contributed by atoms with Crippen LogP contribution in [0.3, 0.4) is 0 Å². The lowest BCUT2D eigenvalue weighted by Crippen LogP contribution is -2.19. The highest BCUT2D eigenvalue weighted by atomic mass is 32.1. The molecule has 2 heterocycles. The number of hydrogen-bond acceptors (Lipinski definition) is 4. The molecule has 142 valence electrons. The monoisotopic (exact) mass is 384 g/mol. The fraction of sp³-hybridized carbons (Fsp3) is 0.316. The second kappa shape index (κ2) is 8.79. The van der Waals surface area contributed by atoms with Gasteiger partial charge in [-0.05, 0) is 38.6 Å². The predicted octanol–water partition coefficient (Wildman–Crippen LogP) is 3.55. The zero-order valence-corrected chi connectivity index (χ0v) is 16.6. The van der Waals surface area contributed by atoms with E-state index in [9.17, 15) is 0 Å². The van der Waals surface area contributed by atoms with Gasteiger partial charge in [-0.3, -0.25) is 4.68 Å². The number of anilines is 2. The van der Waals surface area contributed by atoms with Gasteiger partial charge in [0.2, 0.25) is 0 Å². The zero-order valence-electron chi connectivity index (χ0n) is 15.8. The molecule has 0 atom stereocenters. The summed E-state index contributed by atoms with van der Waals surface area (Å²) in [5.74, 6) is 0. The third-order valence-corrected chi connectivity index (χ3v) is 4.32. The molecule has 0 fully saturated rings. The summed E-state index contributed by atoms with van der Waals surface area (Å²) in [6.45, 7) is 7.74. The van der Waals surface area contributed by atoms with Crippen molar-refractivity contribution in [1.82, 2.24) is 19.6 Å². The van der Waals surface area contributed by atoms with E-state index in [-0.39, 0.29) is 0 Å². The van der Waals surface area contributed by atoms with Gasteiger partial charge in [0.25, 0.3) is 0 Å². The van der Waals surface area contributed by atoms with E-state index >= 15 is 0 Å². The molecule has 0 aliphatic heterocycles. The SMILES string of the molecule is CCOCn1cc(NC(=S)Nc2c(C)nn(Cc3ccccc3)c2C)cn1. The van der Waals surface area contributed by atoms with Gasteiger partial charge in [0.05, 0.1) is 41.7 Å². The zero-order chi connectivity index (χ0) is 19.2. The molecule has 2 N–H and O–H groups in total. The van der Waals surface area contributed by atoms with Gasteiger partial charge in [0, 0.05) is 6.61 Å². The van der Waals surface area contributed by atoms with Crippen LogP contribution < -0.4 is 10.6 Å². The normalized spacial score (nSPS) is 10.8. The Hall–Kier alpha value is -2.71.